The maximum absolute atomic E-state index is 12.2. The van der Waals surface area contributed by atoms with Crippen molar-refractivity contribution in [1.82, 2.24) is 4.72 Å². The Labute approximate surface area is 117 Å². The molecule has 2 rings (SSSR count). The second-order valence-electron chi connectivity index (χ2n) is 6.30. The Morgan fingerprint density at radius 2 is 1.53 bits per heavy atom. The molecule has 0 spiro atoms. The molecule has 0 aromatic rings. The maximum Gasteiger partial charge on any atom is 0.212 e. The van der Waals surface area contributed by atoms with E-state index in [-0.39, 0.29) is 12.6 Å². The van der Waals surface area contributed by atoms with Crippen LogP contribution in [-0.2, 0) is 10.0 Å². The van der Waals surface area contributed by atoms with Crippen LogP contribution < -0.4 is 4.72 Å². The number of aliphatic hydroxyl groups excluding tert-OH is 1. The zero-order chi connectivity index (χ0) is 13.7. The lowest BCUT2D eigenvalue weighted by Crippen LogP contribution is -2.40. The number of sulfonamides is 1. The first-order valence-corrected chi connectivity index (χ1v) is 9.35. The van der Waals surface area contributed by atoms with Crippen molar-refractivity contribution >= 4 is 10.0 Å². The van der Waals surface area contributed by atoms with E-state index in [2.05, 4.69) is 4.72 Å². The molecule has 0 bridgehead atoms. The van der Waals surface area contributed by atoms with Crippen LogP contribution in [-0.4, -0.2) is 31.9 Å². The molecular weight excluding hydrogens is 262 g/mol. The van der Waals surface area contributed by atoms with Gasteiger partial charge in [0.1, 0.15) is 0 Å². The Kier molecular flexibility index (Phi) is 5.66. The molecule has 0 radical (unpaired) electrons. The van der Waals surface area contributed by atoms with Gasteiger partial charge in [-0.1, -0.05) is 19.3 Å². The predicted molar refractivity (Wildman–Crippen MR) is 76.3 cm³/mol. The average Bonchev–Trinajstić information content (AvgIpc) is 2.39. The van der Waals surface area contributed by atoms with Crippen molar-refractivity contribution in [3.8, 4) is 0 Å². The van der Waals surface area contributed by atoms with Crippen LogP contribution in [0.5, 0.6) is 0 Å². The topological polar surface area (TPSA) is 66.4 Å². The van der Waals surface area contributed by atoms with Crippen LogP contribution in [0.1, 0.15) is 57.8 Å². The minimum absolute atomic E-state index is 0.0939. The molecule has 0 saturated heterocycles. The van der Waals surface area contributed by atoms with Gasteiger partial charge in [-0.3, -0.25) is 0 Å². The summed E-state index contributed by atoms with van der Waals surface area (Å²) >= 11 is 0. The maximum atomic E-state index is 12.2. The van der Waals surface area contributed by atoms with Crippen molar-refractivity contribution in [2.75, 3.05) is 12.4 Å². The van der Waals surface area contributed by atoms with Crippen LogP contribution in [0.25, 0.3) is 0 Å². The van der Waals surface area contributed by atoms with Crippen molar-refractivity contribution in [3.05, 3.63) is 0 Å². The van der Waals surface area contributed by atoms with Crippen LogP contribution in [0.3, 0.4) is 0 Å². The summed E-state index contributed by atoms with van der Waals surface area (Å²) in [5, 5.41) is 9.09. The van der Waals surface area contributed by atoms with Gasteiger partial charge in [0.25, 0.3) is 0 Å². The second kappa shape index (κ2) is 7.04. The van der Waals surface area contributed by atoms with E-state index in [1.54, 1.807) is 0 Å². The Balaban J connectivity index is 1.77. The molecule has 5 heteroatoms. The number of nitrogens with one attached hydrogen (secondary N) is 1. The average molecular weight is 289 g/mol. The summed E-state index contributed by atoms with van der Waals surface area (Å²) in [4.78, 5) is 0. The van der Waals surface area contributed by atoms with E-state index in [1.807, 2.05) is 0 Å². The monoisotopic (exact) mass is 289 g/mol. The summed E-state index contributed by atoms with van der Waals surface area (Å²) in [7, 11) is -3.12. The molecule has 0 heterocycles. The minimum atomic E-state index is -3.12. The van der Waals surface area contributed by atoms with Crippen LogP contribution in [0.2, 0.25) is 0 Å². The van der Waals surface area contributed by atoms with Crippen LogP contribution in [0.4, 0.5) is 0 Å². The third-order valence-electron chi connectivity index (χ3n) is 4.63. The summed E-state index contributed by atoms with van der Waals surface area (Å²) in [5.41, 5.74) is 0. The van der Waals surface area contributed by atoms with Crippen molar-refractivity contribution in [1.29, 1.82) is 0 Å². The lowest BCUT2D eigenvalue weighted by molar-refractivity contribution is 0.180. The normalized spacial score (nSPS) is 30.4. The van der Waals surface area contributed by atoms with Gasteiger partial charge in [0, 0.05) is 12.6 Å². The molecule has 112 valence electrons. The van der Waals surface area contributed by atoms with Gasteiger partial charge in [0.2, 0.25) is 10.0 Å². The molecule has 2 fully saturated rings. The number of hydrogen-bond donors (Lipinski definition) is 2. The first-order chi connectivity index (χ1) is 9.09. The highest BCUT2D eigenvalue weighted by Gasteiger charge is 2.26. The highest BCUT2D eigenvalue weighted by molar-refractivity contribution is 7.89. The third-order valence-corrected chi connectivity index (χ3v) is 6.23. The molecule has 19 heavy (non-hydrogen) atoms. The first-order valence-electron chi connectivity index (χ1n) is 7.70. The fourth-order valence-corrected chi connectivity index (χ4v) is 5.22. The number of hydrogen-bond acceptors (Lipinski definition) is 3. The molecule has 2 aliphatic carbocycles. The third kappa shape index (κ3) is 5.04. The van der Waals surface area contributed by atoms with E-state index < -0.39 is 10.0 Å². The molecule has 2 N–H and O–H groups in total. The van der Waals surface area contributed by atoms with Gasteiger partial charge in [-0.05, 0) is 50.4 Å². The molecule has 0 amide bonds. The van der Waals surface area contributed by atoms with Gasteiger partial charge < -0.3 is 5.11 Å². The molecule has 0 atom stereocenters. The summed E-state index contributed by atoms with van der Waals surface area (Å²) in [6, 6.07) is 0.0939. The lowest BCUT2D eigenvalue weighted by Gasteiger charge is -2.29. The number of aliphatic hydroxyl groups is 1. The predicted octanol–water partition coefficient (Wildman–Crippen LogP) is 2.04. The van der Waals surface area contributed by atoms with Crippen LogP contribution in [0.15, 0.2) is 0 Å². The molecule has 0 unspecified atom stereocenters. The molecule has 4 nitrogen and oxygen atoms in total. The highest BCUT2D eigenvalue weighted by Crippen LogP contribution is 2.26. The minimum Gasteiger partial charge on any atom is -0.396 e. The molecule has 2 aliphatic rings. The van der Waals surface area contributed by atoms with E-state index in [1.165, 1.54) is 19.3 Å². The number of rotatable bonds is 5. The zero-order valence-corrected chi connectivity index (χ0v) is 12.5. The van der Waals surface area contributed by atoms with Crippen LogP contribution >= 0.6 is 0 Å². The van der Waals surface area contributed by atoms with E-state index in [9.17, 15) is 8.42 Å². The van der Waals surface area contributed by atoms with Gasteiger partial charge in [0.05, 0.1) is 5.75 Å². The lowest BCUT2D eigenvalue weighted by atomic mass is 9.87. The van der Waals surface area contributed by atoms with E-state index in [4.69, 9.17) is 5.11 Å². The van der Waals surface area contributed by atoms with Gasteiger partial charge in [-0.25, -0.2) is 13.1 Å². The smallest absolute Gasteiger partial charge is 0.212 e. The Morgan fingerprint density at radius 3 is 2.11 bits per heavy atom. The summed E-state index contributed by atoms with van der Waals surface area (Å²) in [6.07, 6.45) is 9.37. The van der Waals surface area contributed by atoms with Crippen molar-refractivity contribution in [3.63, 3.8) is 0 Å². The summed E-state index contributed by atoms with van der Waals surface area (Å²) in [5.74, 6) is 1.05. The first kappa shape index (κ1) is 15.3. The fraction of sp³-hybridized carbons (Fsp3) is 1.00. The SMILES string of the molecule is O=S(=O)(CC1CCCCC1)NC1CCC(CO)CC1. The Morgan fingerprint density at radius 1 is 0.895 bits per heavy atom. The Hall–Kier alpha value is -0.130. The molecule has 0 aromatic carbocycles. The van der Waals surface area contributed by atoms with Crippen molar-refractivity contribution in [2.45, 2.75) is 63.8 Å². The van der Waals surface area contributed by atoms with Crippen molar-refractivity contribution in [2.24, 2.45) is 11.8 Å². The van der Waals surface area contributed by atoms with Gasteiger partial charge >= 0.3 is 0 Å². The molecule has 2 saturated carbocycles. The van der Waals surface area contributed by atoms with Gasteiger partial charge in [0.15, 0.2) is 0 Å². The molecule has 0 aliphatic heterocycles. The van der Waals surface area contributed by atoms with E-state index in [0.717, 1.165) is 38.5 Å². The molecular formula is C14H27NO3S. The Bertz CT molecular complexity index is 355. The van der Waals surface area contributed by atoms with Gasteiger partial charge in [-0.15, -0.1) is 0 Å². The highest BCUT2D eigenvalue weighted by atomic mass is 32.2. The second-order valence-corrected chi connectivity index (χ2v) is 8.10. The van der Waals surface area contributed by atoms with E-state index in [0.29, 0.717) is 17.6 Å². The summed E-state index contributed by atoms with van der Waals surface area (Å²) < 4.78 is 27.2. The quantitative estimate of drug-likeness (QED) is 0.814. The van der Waals surface area contributed by atoms with E-state index >= 15 is 0 Å². The standard InChI is InChI=1S/C14H27NO3S/c16-10-12-6-8-14(9-7-12)15-19(17,18)11-13-4-2-1-3-5-13/h12-16H,1-11H2. The fourth-order valence-electron chi connectivity index (χ4n) is 3.43. The van der Waals surface area contributed by atoms with Gasteiger partial charge in [-0.2, -0.15) is 0 Å². The zero-order valence-electron chi connectivity index (χ0n) is 11.7. The molecule has 0 aromatic heterocycles. The van der Waals surface area contributed by atoms with Crippen molar-refractivity contribution < 1.29 is 13.5 Å². The summed E-state index contributed by atoms with van der Waals surface area (Å²) in [6.45, 7) is 0.238. The largest absolute Gasteiger partial charge is 0.396 e. The van der Waals surface area contributed by atoms with Crippen LogP contribution in [0, 0.1) is 11.8 Å².